The lowest BCUT2D eigenvalue weighted by Crippen LogP contribution is -2.44. The summed E-state index contributed by atoms with van der Waals surface area (Å²) in [6.45, 7) is 9.18. The topological polar surface area (TPSA) is 29.5 Å². The number of ether oxygens (including phenoxy) is 1. The van der Waals surface area contributed by atoms with Gasteiger partial charge in [-0.25, -0.2) is 0 Å². The summed E-state index contributed by atoms with van der Waals surface area (Å²) in [5, 5.41) is 10.6. The molecular weight excluding hydrogens is 212 g/mol. The zero-order valence-corrected chi connectivity index (χ0v) is 12.0. The third-order valence-corrected chi connectivity index (χ3v) is 3.89. The van der Waals surface area contributed by atoms with Crippen LogP contribution in [0.1, 0.15) is 66.2 Å². The second kappa shape index (κ2) is 6.75. The van der Waals surface area contributed by atoms with E-state index in [1.165, 1.54) is 38.5 Å². The lowest BCUT2D eigenvalue weighted by molar-refractivity contribution is -0.110. The highest BCUT2D eigenvalue weighted by molar-refractivity contribution is 4.86. The van der Waals surface area contributed by atoms with Gasteiger partial charge in [0.2, 0.25) is 0 Å². The van der Waals surface area contributed by atoms with E-state index < -0.39 is 0 Å². The number of aliphatic hydroxyl groups excluding tert-OH is 1. The molecule has 1 aliphatic carbocycles. The fourth-order valence-corrected chi connectivity index (χ4v) is 2.94. The fraction of sp³-hybridized carbons (Fsp3) is 1.00. The molecule has 1 N–H and O–H groups in total. The molecule has 0 saturated heterocycles. The van der Waals surface area contributed by atoms with Crippen molar-refractivity contribution >= 4 is 0 Å². The van der Waals surface area contributed by atoms with E-state index in [1.807, 2.05) is 6.92 Å². The quantitative estimate of drug-likeness (QED) is 0.760. The molecule has 2 atom stereocenters. The Balaban J connectivity index is 2.65. The summed E-state index contributed by atoms with van der Waals surface area (Å²) in [6.07, 6.45) is 7.20. The van der Waals surface area contributed by atoms with E-state index in [2.05, 4.69) is 20.8 Å². The molecule has 102 valence electrons. The molecule has 0 heterocycles. The Morgan fingerprint density at radius 3 is 2.06 bits per heavy atom. The predicted octanol–water partition coefficient (Wildman–Crippen LogP) is 3.77. The van der Waals surface area contributed by atoms with Crippen molar-refractivity contribution < 1.29 is 9.84 Å². The summed E-state index contributed by atoms with van der Waals surface area (Å²) in [5.41, 5.74) is 0.0156. The van der Waals surface area contributed by atoms with Crippen molar-refractivity contribution in [2.24, 2.45) is 11.3 Å². The fourth-order valence-electron chi connectivity index (χ4n) is 2.94. The molecule has 17 heavy (non-hydrogen) atoms. The molecule has 1 rings (SSSR count). The van der Waals surface area contributed by atoms with Crippen LogP contribution in [-0.4, -0.2) is 23.9 Å². The third-order valence-electron chi connectivity index (χ3n) is 3.89. The van der Waals surface area contributed by atoms with E-state index in [1.54, 1.807) is 0 Å². The SMILES string of the molecule is CCOC(C(O)C1CCCCCC1)C(C)(C)C. The van der Waals surface area contributed by atoms with Gasteiger partial charge in [-0.15, -0.1) is 0 Å². The first-order valence-electron chi connectivity index (χ1n) is 7.26. The van der Waals surface area contributed by atoms with Crippen LogP contribution in [0, 0.1) is 11.3 Å². The first kappa shape index (κ1) is 15.0. The molecule has 2 heteroatoms. The molecule has 1 aliphatic rings. The molecule has 2 unspecified atom stereocenters. The summed E-state index contributed by atoms with van der Waals surface area (Å²) in [6, 6.07) is 0. The minimum absolute atomic E-state index is 0.0156. The molecule has 0 spiro atoms. The molecule has 0 aliphatic heterocycles. The highest BCUT2D eigenvalue weighted by atomic mass is 16.5. The van der Waals surface area contributed by atoms with Crippen molar-refractivity contribution in [3.05, 3.63) is 0 Å². The number of rotatable bonds is 4. The molecule has 0 aromatic heterocycles. The normalized spacial score (nSPS) is 23.1. The van der Waals surface area contributed by atoms with Crippen molar-refractivity contribution in [1.82, 2.24) is 0 Å². The summed E-state index contributed by atoms with van der Waals surface area (Å²) in [5.74, 6) is 0.438. The van der Waals surface area contributed by atoms with Crippen molar-refractivity contribution in [1.29, 1.82) is 0 Å². The first-order valence-corrected chi connectivity index (χ1v) is 7.26. The van der Waals surface area contributed by atoms with Crippen LogP contribution in [0.4, 0.5) is 0 Å². The lowest BCUT2D eigenvalue weighted by atomic mass is 9.79. The van der Waals surface area contributed by atoms with Gasteiger partial charge < -0.3 is 9.84 Å². The van der Waals surface area contributed by atoms with Crippen molar-refractivity contribution in [2.45, 2.75) is 78.4 Å². The van der Waals surface area contributed by atoms with E-state index in [0.717, 1.165) is 0 Å². The summed E-state index contributed by atoms with van der Waals surface area (Å²) >= 11 is 0. The van der Waals surface area contributed by atoms with Crippen LogP contribution in [-0.2, 0) is 4.74 Å². The molecule has 0 aromatic carbocycles. The Morgan fingerprint density at radius 2 is 1.65 bits per heavy atom. The van der Waals surface area contributed by atoms with E-state index in [9.17, 15) is 5.11 Å². The zero-order chi connectivity index (χ0) is 12.9. The molecule has 1 fully saturated rings. The van der Waals surface area contributed by atoms with E-state index >= 15 is 0 Å². The minimum atomic E-state index is -0.298. The molecule has 0 aromatic rings. The maximum absolute atomic E-state index is 10.6. The number of aliphatic hydroxyl groups is 1. The van der Waals surface area contributed by atoms with Crippen LogP contribution in [0.2, 0.25) is 0 Å². The summed E-state index contributed by atoms with van der Waals surface area (Å²) in [7, 11) is 0. The Hall–Kier alpha value is -0.0800. The Kier molecular flexibility index (Phi) is 5.94. The average molecular weight is 242 g/mol. The monoisotopic (exact) mass is 242 g/mol. The average Bonchev–Trinajstić information content (AvgIpc) is 2.51. The maximum Gasteiger partial charge on any atom is 0.0884 e. The maximum atomic E-state index is 10.6. The predicted molar refractivity (Wildman–Crippen MR) is 72.1 cm³/mol. The second-order valence-corrected chi connectivity index (χ2v) is 6.48. The van der Waals surface area contributed by atoms with Gasteiger partial charge in [0.15, 0.2) is 0 Å². The molecule has 0 bridgehead atoms. The second-order valence-electron chi connectivity index (χ2n) is 6.48. The minimum Gasteiger partial charge on any atom is -0.390 e. The van der Waals surface area contributed by atoms with Crippen LogP contribution in [0.15, 0.2) is 0 Å². The lowest BCUT2D eigenvalue weighted by Gasteiger charge is -2.37. The van der Waals surface area contributed by atoms with Gasteiger partial charge in [-0.1, -0.05) is 46.5 Å². The van der Waals surface area contributed by atoms with Gasteiger partial charge in [0.1, 0.15) is 0 Å². The van der Waals surface area contributed by atoms with E-state index in [-0.39, 0.29) is 17.6 Å². The Bertz CT molecular complexity index is 199. The summed E-state index contributed by atoms with van der Waals surface area (Å²) in [4.78, 5) is 0. The molecule has 0 radical (unpaired) electrons. The van der Waals surface area contributed by atoms with Crippen LogP contribution in [0.5, 0.6) is 0 Å². The summed E-state index contributed by atoms with van der Waals surface area (Å²) < 4.78 is 5.81. The first-order chi connectivity index (χ1) is 7.96. The van der Waals surface area contributed by atoms with Gasteiger partial charge in [-0.3, -0.25) is 0 Å². The van der Waals surface area contributed by atoms with Gasteiger partial charge in [0, 0.05) is 6.61 Å². The van der Waals surface area contributed by atoms with Crippen molar-refractivity contribution in [3.8, 4) is 0 Å². The highest BCUT2D eigenvalue weighted by Gasteiger charge is 2.36. The zero-order valence-electron chi connectivity index (χ0n) is 12.0. The smallest absolute Gasteiger partial charge is 0.0884 e. The van der Waals surface area contributed by atoms with Crippen LogP contribution in [0.3, 0.4) is 0 Å². The third kappa shape index (κ3) is 4.59. The van der Waals surface area contributed by atoms with Gasteiger partial charge >= 0.3 is 0 Å². The molecule has 1 saturated carbocycles. The van der Waals surface area contributed by atoms with E-state index in [4.69, 9.17) is 4.74 Å². The van der Waals surface area contributed by atoms with Gasteiger partial charge in [-0.05, 0) is 31.1 Å². The Labute approximate surface area is 107 Å². The van der Waals surface area contributed by atoms with Gasteiger partial charge in [0.05, 0.1) is 12.2 Å². The van der Waals surface area contributed by atoms with E-state index in [0.29, 0.717) is 12.5 Å². The number of hydrogen-bond donors (Lipinski definition) is 1. The highest BCUT2D eigenvalue weighted by Crippen LogP contribution is 2.33. The Morgan fingerprint density at radius 1 is 1.12 bits per heavy atom. The standard InChI is InChI=1S/C15H30O2/c1-5-17-14(15(2,3)4)13(16)12-10-8-6-7-9-11-12/h12-14,16H,5-11H2,1-4H3. The molecule has 2 nitrogen and oxygen atoms in total. The van der Waals surface area contributed by atoms with Gasteiger partial charge in [-0.2, -0.15) is 0 Å². The number of hydrogen-bond acceptors (Lipinski definition) is 2. The van der Waals surface area contributed by atoms with Crippen molar-refractivity contribution in [3.63, 3.8) is 0 Å². The molecular formula is C15H30O2. The van der Waals surface area contributed by atoms with Crippen LogP contribution < -0.4 is 0 Å². The van der Waals surface area contributed by atoms with Crippen LogP contribution in [0.25, 0.3) is 0 Å². The largest absolute Gasteiger partial charge is 0.390 e. The van der Waals surface area contributed by atoms with Crippen molar-refractivity contribution in [2.75, 3.05) is 6.61 Å². The molecule has 0 amide bonds. The van der Waals surface area contributed by atoms with Crippen LogP contribution >= 0.6 is 0 Å². The van der Waals surface area contributed by atoms with Gasteiger partial charge in [0.25, 0.3) is 0 Å².